The molecule has 0 unspecified atom stereocenters. The number of amides is 1. The van der Waals surface area contributed by atoms with Crippen LogP contribution in [-0.2, 0) is 0 Å². The molecule has 8 heteroatoms. The summed E-state index contributed by atoms with van der Waals surface area (Å²) in [6.45, 7) is 1.70. The van der Waals surface area contributed by atoms with Crippen molar-refractivity contribution >= 4 is 51.8 Å². The Hall–Kier alpha value is -2.54. The van der Waals surface area contributed by atoms with Gasteiger partial charge in [0.05, 0.1) is 26.2 Å². The summed E-state index contributed by atoms with van der Waals surface area (Å²) in [5, 5.41) is 17.2. The Kier molecular flexibility index (Phi) is 5.70. The van der Waals surface area contributed by atoms with Crippen molar-refractivity contribution in [3.05, 3.63) is 69.0 Å². The van der Waals surface area contributed by atoms with E-state index >= 15 is 0 Å². The van der Waals surface area contributed by atoms with Gasteiger partial charge in [0.2, 0.25) is 0 Å². The maximum absolute atomic E-state index is 12.1. The first-order chi connectivity index (χ1) is 12.9. The SMILES string of the molecule is CC(=NNC(=O)c1ccc(N)cc1)c1csc(-c2ccc(Cl)c(Cl)c2)c1O. The Labute approximate surface area is 170 Å². The Morgan fingerprint density at radius 3 is 2.52 bits per heavy atom. The van der Waals surface area contributed by atoms with Crippen molar-refractivity contribution in [2.45, 2.75) is 6.92 Å². The molecule has 0 fully saturated rings. The highest BCUT2D eigenvalue weighted by Gasteiger charge is 2.16. The van der Waals surface area contributed by atoms with Crippen LogP contribution in [-0.4, -0.2) is 16.7 Å². The number of nitrogens with zero attached hydrogens (tertiary/aromatic N) is 1. The molecule has 0 aliphatic heterocycles. The largest absolute Gasteiger partial charge is 0.506 e. The van der Waals surface area contributed by atoms with Gasteiger partial charge in [0.25, 0.3) is 5.91 Å². The molecule has 0 saturated heterocycles. The summed E-state index contributed by atoms with van der Waals surface area (Å²) in [6.07, 6.45) is 0. The van der Waals surface area contributed by atoms with Crippen molar-refractivity contribution in [1.82, 2.24) is 5.43 Å². The van der Waals surface area contributed by atoms with E-state index in [-0.39, 0.29) is 11.7 Å². The molecule has 1 heterocycles. The summed E-state index contributed by atoms with van der Waals surface area (Å²) in [5.41, 5.74) is 10.8. The average Bonchev–Trinajstić information content (AvgIpc) is 3.04. The molecule has 3 rings (SSSR count). The zero-order chi connectivity index (χ0) is 19.6. The van der Waals surface area contributed by atoms with E-state index in [0.717, 1.165) is 5.56 Å². The minimum atomic E-state index is -0.367. The summed E-state index contributed by atoms with van der Waals surface area (Å²) < 4.78 is 0. The molecular formula is C19H15Cl2N3O2S. The molecule has 0 aliphatic carbocycles. The third-order valence-electron chi connectivity index (χ3n) is 3.83. The van der Waals surface area contributed by atoms with E-state index in [4.69, 9.17) is 28.9 Å². The van der Waals surface area contributed by atoms with Gasteiger partial charge >= 0.3 is 0 Å². The molecule has 0 atom stereocenters. The number of hydrogen-bond acceptors (Lipinski definition) is 5. The van der Waals surface area contributed by atoms with Crippen molar-refractivity contribution in [2.75, 3.05) is 5.73 Å². The van der Waals surface area contributed by atoms with Gasteiger partial charge in [-0.1, -0.05) is 29.3 Å². The lowest BCUT2D eigenvalue weighted by atomic mass is 10.1. The minimum absolute atomic E-state index is 0.0707. The number of nitrogens with two attached hydrogens (primary N) is 1. The number of hydrogen-bond donors (Lipinski definition) is 3. The predicted octanol–water partition coefficient (Wildman–Crippen LogP) is 5.16. The van der Waals surface area contributed by atoms with Crippen LogP contribution in [0.15, 0.2) is 52.9 Å². The second-order valence-corrected chi connectivity index (χ2v) is 7.41. The van der Waals surface area contributed by atoms with Crippen molar-refractivity contribution in [2.24, 2.45) is 5.10 Å². The number of halogens is 2. The standard InChI is InChI=1S/C19H15Cl2N3O2S/c1-10(23-24-19(26)11-2-5-13(22)6-3-11)14-9-27-18(17(14)25)12-4-7-15(20)16(21)8-12/h2-9,25H,22H2,1H3,(H,24,26). The monoisotopic (exact) mass is 419 g/mol. The molecule has 0 saturated carbocycles. The van der Waals surface area contributed by atoms with Crippen molar-refractivity contribution in [3.63, 3.8) is 0 Å². The molecule has 1 amide bonds. The van der Waals surface area contributed by atoms with Gasteiger partial charge in [-0.25, -0.2) is 5.43 Å². The number of nitrogen functional groups attached to an aromatic ring is 1. The fourth-order valence-corrected chi connectivity index (χ4v) is 3.65. The fourth-order valence-electron chi connectivity index (χ4n) is 2.34. The predicted molar refractivity (Wildman–Crippen MR) is 112 cm³/mol. The van der Waals surface area contributed by atoms with E-state index in [0.29, 0.717) is 37.4 Å². The van der Waals surface area contributed by atoms with E-state index in [9.17, 15) is 9.90 Å². The lowest BCUT2D eigenvalue weighted by Crippen LogP contribution is -2.19. The molecule has 0 aliphatic rings. The minimum Gasteiger partial charge on any atom is -0.506 e. The van der Waals surface area contributed by atoms with Crippen LogP contribution in [0.5, 0.6) is 5.75 Å². The highest BCUT2D eigenvalue weighted by molar-refractivity contribution is 7.14. The molecule has 0 spiro atoms. The maximum atomic E-state index is 12.1. The second-order valence-electron chi connectivity index (χ2n) is 5.72. The number of anilines is 1. The molecule has 4 N–H and O–H groups in total. The lowest BCUT2D eigenvalue weighted by Gasteiger charge is -2.04. The Balaban J connectivity index is 1.80. The molecular weight excluding hydrogens is 405 g/mol. The quantitative estimate of drug-likeness (QED) is 0.309. The summed E-state index contributed by atoms with van der Waals surface area (Å²) in [4.78, 5) is 12.8. The van der Waals surface area contributed by atoms with Crippen LogP contribution >= 0.6 is 34.5 Å². The summed E-state index contributed by atoms with van der Waals surface area (Å²) in [5.74, 6) is -0.296. The molecule has 5 nitrogen and oxygen atoms in total. The van der Waals surface area contributed by atoms with Gasteiger partial charge in [0, 0.05) is 16.6 Å². The summed E-state index contributed by atoms with van der Waals surface area (Å²) in [6, 6.07) is 11.6. The number of rotatable bonds is 4. The van der Waals surface area contributed by atoms with Gasteiger partial charge in [-0.15, -0.1) is 11.3 Å². The van der Waals surface area contributed by atoms with E-state index in [1.165, 1.54) is 11.3 Å². The normalized spacial score (nSPS) is 11.4. The topological polar surface area (TPSA) is 87.7 Å². The van der Waals surface area contributed by atoms with Crippen LogP contribution < -0.4 is 11.2 Å². The number of thiophene rings is 1. The molecule has 27 heavy (non-hydrogen) atoms. The highest BCUT2D eigenvalue weighted by atomic mass is 35.5. The van der Waals surface area contributed by atoms with Gasteiger partial charge < -0.3 is 10.8 Å². The third-order valence-corrected chi connectivity index (χ3v) is 5.59. The van der Waals surface area contributed by atoms with E-state index in [1.54, 1.807) is 54.8 Å². The Morgan fingerprint density at radius 2 is 1.85 bits per heavy atom. The van der Waals surface area contributed by atoms with Crippen molar-refractivity contribution in [3.8, 4) is 16.2 Å². The number of nitrogens with one attached hydrogen (secondary N) is 1. The summed E-state index contributed by atoms with van der Waals surface area (Å²) in [7, 11) is 0. The Bertz CT molecular complexity index is 1030. The van der Waals surface area contributed by atoms with Crippen LogP contribution in [0, 0.1) is 0 Å². The molecule has 2 aromatic carbocycles. The number of carbonyl (C=O) groups is 1. The van der Waals surface area contributed by atoms with E-state index < -0.39 is 0 Å². The second kappa shape index (κ2) is 8.00. The van der Waals surface area contributed by atoms with Crippen molar-refractivity contribution in [1.29, 1.82) is 0 Å². The summed E-state index contributed by atoms with van der Waals surface area (Å²) >= 11 is 13.3. The lowest BCUT2D eigenvalue weighted by molar-refractivity contribution is 0.0955. The maximum Gasteiger partial charge on any atom is 0.271 e. The van der Waals surface area contributed by atoms with Gasteiger partial charge in [-0.2, -0.15) is 5.10 Å². The molecule has 3 aromatic rings. The zero-order valence-corrected chi connectivity index (χ0v) is 16.5. The molecule has 0 radical (unpaired) electrons. The fraction of sp³-hybridized carbons (Fsp3) is 0.0526. The van der Waals surface area contributed by atoms with E-state index in [1.807, 2.05) is 0 Å². The van der Waals surface area contributed by atoms with Gasteiger partial charge in [0.15, 0.2) is 0 Å². The number of hydrazone groups is 1. The van der Waals surface area contributed by atoms with Gasteiger partial charge in [0.1, 0.15) is 5.75 Å². The first-order valence-electron chi connectivity index (χ1n) is 7.83. The number of benzene rings is 2. The van der Waals surface area contributed by atoms with Crippen LogP contribution in [0.1, 0.15) is 22.8 Å². The third kappa shape index (κ3) is 4.24. The van der Waals surface area contributed by atoms with Crippen LogP contribution in [0.4, 0.5) is 5.69 Å². The molecule has 1 aromatic heterocycles. The van der Waals surface area contributed by atoms with Crippen molar-refractivity contribution < 1.29 is 9.90 Å². The van der Waals surface area contributed by atoms with Gasteiger partial charge in [-0.05, 0) is 48.9 Å². The number of aromatic hydroxyl groups is 1. The Morgan fingerprint density at radius 1 is 1.15 bits per heavy atom. The first kappa shape index (κ1) is 19.2. The molecule has 0 bridgehead atoms. The first-order valence-corrected chi connectivity index (χ1v) is 9.47. The highest BCUT2D eigenvalue weighted by Crippen LogP contribution is 2.40. The van der Waals surface area contributed by atoms with Gasteiger partial charge in [-0.3, -0.25) is 4.79 Å². The number of carbonyl (C=O) groups excluding carboxylic acids is 1. The zero-order valence-electron chi connectivity index (χ0n) is 14.2. The average molecular weight is 420 g/mol. The van der Waals surface area contributed by atoms with Crippen LogP contribution in [0.2, 0.25) is 10.0 Å². The van der Waals surface area contributed by atoms with E-state index in [2.05, 4.69) is 10.5 Å². The van der Waals surface area contributed by atoms with Crippen LogP contribution in [0.3, 0.4) is 0 Å². The smallest absolute Gasteiger partial charge is 0.271 e. The molecule has 138 valence electrons. The van der Waals surface area contributed by atoms with Crippen LogP contribution in [0.25, 0.3) is 10.4 Å².